The zero-order chi connectivity index (χ0) is 10.1. The third-order valence-corrected chi connectivity index (χ3v) is 2.26. The second-order valence-electron chi connectivity index (χ2n) is 3.47. The molecule has 1 heterocycles. The predicted octanol–water partition coefficient (Wildman–Crippen LogP) is 2.07. The van der Waals surface area contributed by atoms with Crippen molar-refractivity contribution >= 4 is 5.69 Å². The highest BCUT2D eigenvalue weighted by molar-refractivity contribution is 5.61. The largest absolute Gasteiger partial charge is 0.397 e. The highest BCUT2D eigenvalue weighted by Crippen LogP contribution is 2.20. The highest BCUT2D eigenvalue weighted by atomic mass is 15.3. The molecule has 14 heavy (non-hydrogen) atoms. The van der Waals surface area contributed by atoms with Crippen LogP contribution in [0.25, 0.3) is 5.69 Å². The summed E-state index contributed by atoms with van der Waals surface area (Å²) in [6, 6.07) is 5.95. The van der Waals surface area contributed by atoms with Crippen molar-refractivity contribution in [3.05, 3.63) is 41.7 Å². The minimum absolute atomic E-state index is 0.788. The molecule has 0 aliphatic rings. The molecule has 0 aliphatic heterocycles. The van der Waals surface area contributed by atoms with Gasteiger partial charge in [-0.3, -0.25) is 0 Å². The quantitative estimate of drug-likeness (QED) is 0.694. The van der Waals surface area contributed by atoms with E-state index in [1.165, 1.54) is 0 Å². The molecular weight excluding hydrogens is 174 g/mol. The fraction of sp³-hybridized carbons (Fsp3) is 0.182. The van der Waals surface area contributed by atoms with Crippen LogP contribution >= 0.6 is 0 Å². The first kappa shape index (κ1) is 8.81. The minimum atomic E-state index is 0.788. The Morgan fingerprint density at radius 1 is 1.29 bits per heavy atom. The first-order valence-corrected chi connectivity index (χ1v) is 4.55. The summed E-state index contributed by atoms with van der Waals surface area (Å²) < 4.78 is 1.80. The van der Waals surface area contributed by atoms with Crippen LogP contribution in [0.4, 0.5) is 5.69 Å². The van der Waals surface area contributed by atoms with Crippen molar-refractivity contribution in [1.29, 1.82) is 0 Å². The standard InChI is InChI=1S/C11H13N3/c1-8-6-13-14(7-8)10-5-3-4-9(2)11(10)12/h3-7H,12H2,1-2H3. The van der Waals surface area contributed by atoms with E-state index in [-0.39, 0.29) is 0 Å². The third kappa shape index (κ3) is 1.37. The molecule has 0 radical (unpaired) electrons. The summed E-state index contributed by atoms with van der Waals surface area (Å²) in [6.45, 7) is 4.00. The number of rotatable bonds is 1. The van der Waals surface area contributed by atoms with E-state index in [0.29, 0.717) is 0 Å². The SMILES string of the molecule is Cc1cnn(-c2cccc(C)c2N)c1. The Hall–Kier alpha value is -1.77. The van der Waals surface area contributed by atoms with E-state index < -0.39 is 0 Å². The van der Waals surface area contributed by atoms with Crippen LogP contribution in [0.1, 0.15) is 11.1 Å². The van der Waals surface area contributed by atoms with Crippen LogP contribution in [0.3, 0.4) is 0 Å². The normalized spacial score (nSPS) is 10.4. The molecule has 72 valence electrons. The molecule has 0 spiro atoms. The van der Waals surface area contributed by atoms with Crippen molar-refractivity contribution in [1.82, 2.24) is 9.78 Å². The first-order chi connectivity index (χ1) is 6.68. The predicted molar refractivity (Wildman–Crippen MR) is 57.5 cm³/mol. The van der Waals surface area contributed by atoms with Crippen molar-refractivity contribution in [3.8, 4) is 5.69 Å². The highest BCUT2D eigenvalue weighted by Gasteiger charge is 2.03. The topological polar surface area (TPSA) is 43.8 Å². The molecule has 0 amide bonds. The molecule has 2 aromatic rings. The van der Waals surface area contributed by atoms with Crippen molar-refractivity contribution in [2.24, 2.45) is 0 Å². The van der Waals surface area contributed by atoms with Gasteiger partial charge in [-0.1, -0.05) is 12.1 Å². The number of hydrogen-bond acceptors (Lipinski definition) is 2. The lowest BCUT2D eigenvalue weighted by Crippen LogP contribution is -2.01. The summed E-state index contributed by atoms with van der Waals surface area (Å²) in [6.07, 6.45) is 3.78. The lowest BCUT2D eigenvalue weighted by Gasteiger charge is -2.07. The van der Waals surface area contributed by atoms with Crippen molar-refractivity contribution in [3.63, 3.8) is 0 Å². The summed E-state index contributed by atoms with van der Waals surface area (Å²) in [7, 11) is 0. The van der Waals surface area contributed by atoms with Crippen molar-refractivity contribution in [2.45, 2.75) is 13.8 Å². The van der Waals surface area contributed by atoms with Gasteiger partial charge in [0.1, 0.15) is 0 Å². The zero-order valence-electron chi connectivity index (χ0n) is 8.36. The van der Waals surface area contributed by atoms with Gasteiger partial charge >= 0.3 is 0 Å². The van der Waals surface area contributed by atoms with Gasteiger partial charge in [-0.25, -0.2) is 4.68 Å². The molecule has 1 aromatic carbocycles. The van der Waals surface area contributed by atoms with Crippen LogP contribution in [-0.4, -0.2) is 9.78 Å². The van der Waals surface area contributed by atoms with Crippen molar-refractivity contribution < 1.29 is 0 Å². The molecule has 3 nitrogen and oxygen atoms in total. The second-order valence-corrected chi connectivity index (χ2v) is 3.47. The van der Waals surface area contributed by atoms with E-state index >= 15 is 0 Å². The molecule has 1 aromatic heterocycles. The van der Waals surface area contributed by atoms with Gasteiger partial charge in [-0.2, -0.15) is 5.10 Å². The Labute approximate surface area is 83.2 Å². The van der Waals surface area contributed by atoms with Gasteiger partial charge < -0.3 is 5.73 Å². The summed E-state index contributed by atoms with van der Waals surface area (Å²) in [5.41, 5.74) is 9.90. The fourth-order valence-corrected chi connectivity index (χ4v) is 1.41. The van der Waals surface area contributed by atoms with Crippen LogP contribution in [0.15, 0.2) is 30.6 Å². The minimum Gasteiger partial charge on any atom is -0.397 e. The molecule has 0 bridgehead atoms. The number of nitrogen functional groups attached to an aromatic ring is 1. The van der Waals surface area contributed by atoms with E-state index in [2.05, 4.69) is 5.10 Å². The van der Waals surface area contributed by atoms with Gasteiger partial charge in [0.05, 0.1) is 17.6 Å². The van der Waals surface area contributed by atoms with E-state index in [1.54, 1.807) is 4.68 Å². The zero-order valence-corrected chi connectivity index (χ0v) is 8.36. The molecule has 0 saturated heterocycles. The van der Waals surface area contributed by atoms with Gasteiger partial charge in [0.2, 0.25) is 0 Å². The third-order valence-electron chi connectivity index (χ3n) is 2.26. The van der Waals surface area contributed by atoms with Crippen LogP contribution < -0.4 is 5.73 Å². The Balaban J connectivity index is 2.57. The lowest BCUT2D eigenvalue weighted by molar-refractivity contribution is 0.881. The summed E-state index contributed by atoms with van der Waals surface area (Å²) in [5, 5.41) is 4.22. The summed E-state index contributed by atoms with van der Waals surface area (Å²) in [4.78, 5) is 0. The van der Waals surface area contributed by atoms with Gasteiger partial charge in [0.15, 0.2) is 0 Å². The number of nitrogens with zero attached hydrogens (tertiary/aromatic N) is 2. The summed E-state index contributed by atoms with van der Waals surface area (Å²) >= 11 is 0. The fourth-order valence-electron chi connectivity index (χ4n) is 1.41. The Bertz CT molecular complexity index is 457. The maximum Gasteiger partial charge on any atom is 0.0877 e. The van der Waals surface area contributed by atoms with Crippen molar-refractivity contribution in [2.75, 3.05) is 5.73 Å². The average molecular weight is 187 g/mol. The number of aryl methyl sites for hydroxylation is 2. The molecule has 2 N–H and O–H groups in total. The monoisotopic (exact) mass is 187 g/mol. The number of anilines is 1. The summed E-state index contributed by atoms with van der Waals surface area (Å²) in [5.74, 6) is 0. The number of nitrogens with two attached hydrogens (primary N) is 1. The van der Waals surface area contributed by atoms with Gasteiger partial charge in [0.25, 0.3) is 0 Å². The van der Waals surface area contributed by atoms with Gasteiger partial charge in [-0.05, 0) is 31.0 Å². The Kier molecular flexibility index (Phi) is 2.00. The van der Waals surface area contributed by atoms with Crippen LogP contribution in [0, 0.1) is 13.8 Å². The maximum absolute atomic E-state index is 5.96. The van der Waals surface area contributed by atoms with Gasteiger partial charge in [-0.15, -0.1) is 0 Å². The molecule has 2 rings (SSSR count). The van der Waals surface area contributed by atoms with Crippen LogP contribution in [0.2, 0.25) is 0 Å². The molecule has 3 heteroatoms. The average Bonchev–Trinajstić information content (AvgIpc) is 2.57. The van der Waals surface area contributed by atoms with E-state index in [9.17, 15) is 0 Å². The number of hydrogen-bond donors (Lipinski definition) is 1. The number of para-hydroxylation sites is 1. The molecule has 0 unspecified atom stereocenters. The molecule has 0 saturated carbocycles. The van der Waals surface area contributed by atoms with E-state index in [1.807, 2.05) is 44.4 Å². The molecule has 0 atom stereocenters. The van der Waals surface area contributed by atoms with E-state index in [0.717, 1.165) is 22.5 Å². The first-order valence-electron chi connectivity index (χ1n) is 4.55. The van der Waals surface area contributed by atoms with Gasteiger partial charge in [0, 0.05) is 6.20 Å². The van der Waals surface area contributed by atoms with E-state index in [4.69, 9.17) is 5.73 Å². The van der Waals surface area contributed by atoms with Crippen LogP contribution in [-0.2, 0) is 0 Å². The Morgan fingerprint density at radius 3 is 2.71 bits per heavy atom. The second kappa shape index (κ2) is 3.18. The molecule has 0 aliphatic carbocycles. The smallest absolute Gasteiger partial charge is 0.0877 e. The number of aromatic nitrogens is 2. The van der Waals surface area contributed by atoms with Crippen LogP contribution in [0.5, 0.6) is 0 Å². The lowest BCUT2D eigenvalue weighted by atomic mass is 10.2. The molecular formula is C11H13N3. The number of benzene rings is 1. The maximum atomic E-state index is 5.96. The Morgan fingerprint density at radius 2 is 2.07 bits per heavy atom. The molecule has 0 fully saturated rings.